The number of hydrogen-bond acceptors (Lipinski definition) is 9. The van der Waals surface area contributed by atoms with Gasteiger partial charge in [0.25, 0.3) is 11.7 Å². The van der Waals surface area contributed by atoms with Crippen LogP contribution in [0.4, 0.5) is 0 Å². The number of aliphatic hydroxyl groups is 1. The molecular formula is C28H35NO9. The van der Waals surface area contributed by atoms with E-state index >= 15 is 0 Å². The minimum atomic E-state index is -0.921. The fourth-order valence-electron chi connectivity index (χ4n) is 4.41. The second kappa shape index (κ2) is 12.6. The molecule has 2 aromatic rings. The Hall–Kier alpha value is -3.92. The van der Waals surface area contributed by atoms with Crippen LogP contribution in [0, 0.1) is 0 Å². The number of rotatable bonds is 12. The summed E-state index contributed by atoms with van der Waals surface area (Å²) in [7, 11) is 7.40. The van der Waals surface area contributed by atoms with Crippen LogP contribution in [-0.2, 0) is 14.3 Å². The number of hydrogen-bond donors (Lipinski definition) is 1. The van der Waals surface area contributed by atoms with Crippen LogP contribution in [0.5, 0.6) is 28.7 Å². The van der Waals surface area contributed by atoms with Crippen molar-refractivity contribution in [3.63, 3.8) is 0 Å². The number of benzene rings is 2. The molecule has 1 atom stereocenters. The minimum absolute atomic E-state index is 0.0290. The maximum atomic E-state index is 13.4. The van der Waals surface area contributed by atoms with E-state index in [0.717, 1.165) is 0 Å². The van der Waals surface area contributed by atoms with Gasteiger partial charge in [-0.15, -0.1) is 0 Å². The molecule has 3 rings (SSSR count). The van der Waals surface area contributed by atoms with Crippen LogP contribution in [0.25, 0.3) is 5.76 Å². The molecule has 0 saturated carbocycles. The highest BCUT2D eigenvalue weighted by atomic mass is 16.5. The number of amides is 1. The molecule has 2 aromatic carbocycles. The van der Waals surface area contributed by atoms with Gasteiger partial charge in [-0.1, -0.05) is 0 Å². The van der Waals surface area contributed by atoms with E-state index in [4.69, 9.17) is 28.4 Å². The lowest BCUT2D eigenvalue weighted by Crippen LogP contribution is -2.31. The number of likely N-dealkylation sites (tertiary alicyclic amines) is 1. The van der Waals surface area contributed by atoms with Gasteiger partial charge < -0.3 is 38.4 Å². The Kier molecular flexibility index (Phi) is 9.46. The third-order valence-corrected chi connectivity index (χ3v) is 6.19. The van der Waals surface area contributed by atoms with Crippen molar-refractivity contribution >= 4 is 17.4 Å². The highest BCUT2D eigenvalue weighted by Crippen LogP contribution is 2.46. The van der Waals surface area contributed by atoms with Crippen molar-refractivity contribution in [2.24, 2.45) is 0 Å². The fraction of sp³-hybridized carbons (Fsp3) is 0.429. The molecule has 1 N–H and O–H groups in total. The predicted octanol–water partition coefficient (Wildman–Crippen LogP) is 3.97. The molecule has 38 heavy (non-hydrogen) atoms. The van der Waals surface area contributed by atoms with Gasteiger partial charge in [0.1, 0.15) is 5.76 Å². The van der Waals surface area contributed by atoms with Crippen molar-refractivity contribution in [3.05, 3.63) is 47.0 Å². The lowest BCUT2D eigenvalue weighted by Gasteiger charge is -2.26. The van der Waals surface area contributed by atoms with Gasteiger partial charge in [-0.05, 0) is 56.2 Å². The van der Waals surface area contributed by atoms with Crippen molar-refractivity contribution in [2.45, 2.75) is 32.4 Å². The van der Waals surface area contributed by atoms with Crippen LogP contribution in [0.2, 0.25) is 0 Å². The van der Waals surface area contributed by atoms with Crippen LogP contribution in [0.1, 0.15) is 37.4 Å². The summed E-state index contributed by atoms with van der Waals surface area (Å²) in [6, 6.07) is 7.16. The summed E-state index contributed by atoms with van der Waals surface area (Å²) in [5.74, 6) is 0.00113. The van der Waals surface area contributed by atoms with Crippen LogP contribution >= 0.6 is 0 Å². The number of methoxy groups -OCH3 is 5. The maximum absolute atomic E-state index is 13.4. The summed E-state index contributed by atoms with van der Waals surface area (Å²) in [5, 5.41) is 11.4. The van der Waals surface area contributed by atoms with Crippen molar-refractivity contribution in [1.29, 1.82) is 0 Å². The zero-order chi connectivity index (χ0) is 28.0. The zero-order valence-electron chi connectivity index (χ0n) is 22.8. The number of carbonyl (C=O) groups excluding carboxylic acids is 2. The summed E-state index contributed by atoms with van der Waals surface area (Å²) in [4.78, 5) is 28.1. The second-order valence-corrected chi connectivity index (χ2v) is 8.79. The quantitative estimate of drug-likeness (QED) is 0.189. The lowest BCUT2D eigenvalue weighted by molar-refractivity contribution is -0.140. The highest BCUT2D eigenvalue weighted by Gasteiger charge is 2.46. The molecule has 1 aliphatic rings. The SMILES string of the molecule is COc1ccc(/C(O)=C2\C(=O)C(=O)N(CCCOC(C)C)C2c2cc(OC)c(OC)c(OC)c2)cc1OC. The predicted molar refractivity (Wildman–Crippen MR) is 140 cm³/mol. The van der Waals surface area contributed by atoms with Crippen LogP contribution < -0.4 is 23.7 Å². The van der Waals surface area contributed by atoms with E-state index in [0.29, 0.717) is 52.9 Å². The molecule has 0 radical (unpaired) electrons. The molecule has 1 unspecified atom stereocenters. The van der Waals surface area contributed by atoms with E-state index in [1.54, 1.807) is 30.3 Å². The average molecular weight is 530 g/mol. The van der Waals surface area contributed by atoms with Gasteiger partial charge in [0, 0.05) is 18.7 Å². The molecule has 1 aliphatic heterocycles. The number of nitrogens with zero attached hydrogens (tertiary/aromatic N) is 1. The smallest absolute Gasteiger partial charge is 0.295 e. The van der Waals surface area contributed by atoms with Crippen LogP contribution in [-0.4, -0.2) is 76.5 Å². The lowest BCUT2D eigenvalue weighted by atomic mass is 9.94. The number of ether oxygens (including phenoxy) is 6. The van der Waals surface area contributed by atoms with Crippen molar-refractivity contribution in [3.8, 4) is 28.7 Å². The Morgan fingerprint density at radius 2 is 1.47 bits per heavy atom. The molecule has 1 amide bonds. The van der Waals surface area contributed by atoms with Gasteiger partial charge in [-0.25, -0.2) is 0 Å². The Labute approximate surface area is 222 Å². The summed E-state index contributed by atoms with van der Waals surface area (Å²) in [5.41, 5.74) is 0.730. The van der Waals surface area contributed by atoms with Gasteiger partial charge in [0.15, 0.2) is 23.0 Å². The molecule has 0 spiro atoms. The second-order valence-electron chi connectivity index (χ2n) is 8.79. The molecule has 0 aliphatic carbocycles. The van der Waals surface area contributed by atoms with E-state index in [2.05, 4.69) is 0 Å². The standard InChI is InChI=1S/C28H35NO9/c1-16(2)38-12-8-11-29-24(18-14-21(35-5)27(37-7)22(15-18)36-6)23(26(31)28(29)32)25(30)17-9-10-19(33-3)20(13-17)34-4/h9-10,13-16,24,30H,8,11-12H2,1-7H3/b25-23+. The highest BCUT2D eigenvalue weighted by molar-refractivity contribution is 6.46. The molecule has 1 fully saturated rings. The minimum Gasteiger partial charge on any atom is -0.507 e. The summed E-state index contributed by atoms with van der Waals surface area (Å²) in [6.07, 6.45) is 0.518. The number of aliphatic hydroxyl groups excluding tert-OH is 1. The number of carbonyl (C=O) groups is 2. The zero-order valence-corrected chi connectivity index (χ0v) is 22.8. The Balaban J connectivity index is 2.20. The van der Waals surface area contributed by atoms with Crippen LogP contribution in [0.15, 0.2) is 35.9 Å². The molecule has 206 valence electrons. The van der Waals surface area contributed by atoms with E-state index in [9.17, 15) is 14.7 Å². The average Bonchev–Trinajstić information content (AvgIpc) is 3.18. The van der Waals surface area contributed by atoms with E-state index in [1.165, 1.54) is 40.4 Å². The van der Waals surface area contributed by atoms with Gasteiger partial charge in [-0.3, -0.25) is 9.59 Å². The van der Waals surface area contributed by atoms with Crippen LogP contribution in [0.3, 0.4) is 0 Å². The first-order chi connectivity index (χ1) is 18.2. The summed E-state index contributed by atoms with van der Waals surface area (Å²) < 4.78 is 32.7. The number of ketones is 1. The summed E-state index contributed by atoms with van der Waals surface area (Å²) in [6.45, 7) is 4.47. The van der Waals surface area contributed by atoms with Gasteiger partial charge in [0.2, 0.25) is 5.75 Å². The van der Waals surface area contributed by atoms with Crippen molar-refractivity contribution in [1.82, 2.24) is 4.90 Å². The Bertz CT molecular complexity index is 1180. The number of Topliss-reactive ketones (excluding diaryl/α,β-unsaturated/α-hetero) is 1. The fourth-order valence-corrected chi connectivity index (χ4v) is 4.41. The third kappa shape index (κ3) is 5.65. The first-order valence-electron chi connectivity index (χ1n) is 12.1. The van der Waals surface area contributed by atoms with Crippen molar-refractivity contribution < 1.29 is 43.1 Å². The molecule has 0 aromatic heterocycles. The largest absolute Gasteiger partial charge is 0.507 e. The molecule has 10 heteroatoms. The maximum Gasteiger partial charge on any atom is 0.295 e. The Morgan fingerprint density at radius 1 is 0.868 bits per heavy atom. The van der Waals surface area contributed by atoms with Crippen molar-refractivity contribution in [2.75, 3.05) is 48.7 Å². The van der Waals surface area contributed by atoms with E-state index < -0.39 is 17.7 Å². The summed E-state index contributed by atoms with van der Waals surface area (Å²) >= 11 is 0. The Morgan fingerprint density at radius 3 is 2.00 bits per heavy atom. The first kappa shape index (κ1) is 28.6. The normalized spacial score (nSPS) is 16.6. The molecule has 1 saturated heterocycles. The van der Waals surface area contributed by atoms with Gasteiger partial charge in [0.05, 0.1) is 53.3 Å². The topological polar surface area (TPSA) is 113 Å². The van der Waals surface area contributed by atoms with Gasteiger partial charge >= 0.3 is 0 Å². The van der Waals surface area contributed by atoms with E-state index in [-0.39, 0.29) is 24.0 Å². The molecule has 10 nitrogen and oxygen atoms in total. The third-order valence-electron chi connectivity index (χ3n) is 6.19. The van der Waals surface area contributed by atoms with Gasteiger partial charge in [-0.2, -0.15) is 0 Å². The van der Waals surface area contributed by atoms with E-state index in [1.807, 2.05) is 13.8 Å². The molecular weight excluding hydrogens is 494 g/mol. The monoisotopic (exact) mass is 529 g/mol. The first-order valence-corrected chi connectivity index (χ1v) is 12.1. The molecule has 0 bridgehead atoms. The molecule has 1 heterocycles.